The second-order valence-corrected chi connectivity index (χ2v) is 6.01. The van der Waals surface area contributed by atoms with Crippen LogP contribution >= 0.6 is 0 Å². The van der Waals surface area contributed by atoms with Crippen molar-refractivity contribution in [3.63, 3.8) is 0 Å². The van der Waals surface area contributed by atoms with E-state index in [1.165, 1.54) is 0 Å². The average Bonchev–Trinajstić information content (AvgIpc) is 2.56. The molecule has 1 aromatic heterocycles. The number of pyridine rings is 1. The molecule has 2 aliphatic rings. The summed E-state index contributed by atoms with van der Waals surface area (Å²) in [5.41, 5.74) is 2.80. The molecule has 0 atom stereocenters. The number of piperidine rings is 1. The van der Waals surface area contributed by atoms with Crippen molar-refractivity contribution >= 4 is 28.8 Å². The van der Waals surface area contributed by atoms with Gasteiger partial charge in [0.2, 0.25) is 5.91 Å². The lowest BCUT2D eigenvalue weighted by atomic mass is 9.87. The highest BCUT2D eigenvalue weighted by atomic mass is 16.3. The molecule has 2 amide bonds. The topological polar surface area (TPSA) is 99.5 Å². The van der Waals surface area contributed by atoms with Crippen molar-refractivity contribution in [2.75, 3.05) is 0 Å². The number of aromatic nitrogens is 1. The summed E-state index contributed by atoms with van der Waals surface area (Å²) in [6.45, 7) is 0. The van der Waals surface area contributed by atoms with E-state index in [0.717, 1.165) is 16.5 Å². The third-order valence-electron chi connectivity index (χ3n) is 4.29. The summed E-state index contributed by atoms with van der Waals surface area (Å²) >= 11 is 0. The number of phenolic OH excluding ortho intramolecular Hbond substituents is 1. The highest BCUT2D eigenvalue weighted by Gasteiger charge is 2.31. The minimum Gasteiger partial charge on any atom is -0.511 e. The minimum atomic E-state index is -0.557. The SMILES string of the molecule is O=C1CC2=CC(=Cc3ccc(O)c4ncccc34)CC(O)=C2C(=O)N1. The van der Waals surface area contributed by atoms with E-state index in [1.807, 2.05) is 12.1 Å². The van der Waals surface area contributed by atoms with Gasteiger partial charge >= 0.3 is 0 Å². The summed E-state index contributed by atoms with van der Waals surface area (Å²) in [5, 5.41) is 23.2. The van der Waals surface area contributed by atoms with E-state index in [2.05, 4.69) is 10.3 Å². The van der Waals surface area contributed by atoms with Gasteiger partial charge in [-0.25, -0.2) is 0 Å². The molecule has 1 aromatic carbocycles. The number of hydrogen-bond acceptors (Lipinski definition) is 5. The van der Waals surface area contributed by atoms with Gasteiger partial charge in [-0.2, -0.15) is 0 Å². The van der Waals surface area contributed by atoms with Gasteiger partial charge in [-0.3, -0.25) is 19.9 Å². The first-order chi connectivity index (χ1) is 12.0. The molecule has 0 unspecified atom stereocenters. The van der Waals surface area contributed by atoms with Crippen LogP contribution < -0.4 is 5.32 Å². The number of phenols is 1. The Bertz CT molecular complexity index is 1030. The fourth-order valence-electron chi connectivity index (χ4n) is 3.23. The first kappa shape index (κ1) is 15.1. The molecule has 1 saturated heterocycles. The number of hydrogen-bond donors (Lipinski definition) is 3. The third-order valence-corrected chi connectivity index (χ3v) is 4.29. The van der Waals surface area contributed by atoms with Crippen LogP contribution in [0.15, 0.2) is 59.0 Å². The monoisotopic (exact) mass is 334 g/mol. The summed E-state index contributed by atoms with van der Waals surface area (Å²) in [5.74, 6) is -0.888. The van der Waals surface area contributed by atoms with Crippen molar-refractivity contribution in [2.24, 2.45) is 0 Å². The molecule has 6 heteroatoms. The molecule has 25 heavy (non-hydrogen) atoms. The highest BCUT2D eigenvalue weighted by Crippen LogP contribution is 2.34. The van der Waals surface area contributed by atoms with Gasteiger partial charge in [0.05, 0.1) is 12.0 Å². The van der Waals surface area contributed by atoms with Gasteiger partial charge in [-0.15, -0.1) is 0 Å². The molecule has 2 aromatic rings. The van der Waals surface area contributed by atoms with Crippen LogP contribution in [0.4, 0.5) is 0 Å². The Morgan fingerprint density at radius 3 is 2.80 bits per heavy atom. The number of imide groups is 1. The molecule has 1 aliphatic heterocycles. The molecule has 6 nitrogen and oxygen atoms in total. The van der Waals surface area contributed by atoms with Crippen LogP contribution in [0.1, 0.15) is 18.4 Å². The van der Waals surface area contributed by atoms with Gasteiger partial charge < -0.3 is 10.2 Å². The molecular weight excluding hydrogens is 320 g/mol. The highest BCUT2D eigenvalue weighted by molar-refractivity contribution is 6.12. The van der Waals surface area contributed by atoms with Gasteiger partial charge in [0.25, 0.3) is 5.91 Å². The normalized spacial score (nSPS) is 19.0. The van der Waals surface area contributed by atoms with E-state index in [-0.39, 0.29) is 35.8 Å². The molecule has 2 heterocycles. The third kappa shape index (κ3) is 2.57. The smallest absolute Gasteiger partial charge is 0.261 e. The number of rotatable bonds is 1. The number of carbonyl (C=O) groups excluding carboxylic acids is 2. The number of allylic oxidation sites excluding steroid dienone is 2. The number of amides is 2. The first-order valence-electron chi connectivity index (χ1n) is 7.77. The van der Waals surface area contributed by atoms with E-state index < -0.39 is 5.91 Å². The van der Waals surface area contributed by atoms with Crippen molar-refractivity contribution in [3.05, 3.63) is 64.6 Å². The molecular formula is C19H14N2O4. The van der Waals surface area contributed by atoms with E-state index >= 15 is 0 Å². The first-order valence-corrected chi connectivity index (χ1v) is 7.77. The molecule has 1 fully saturated rings. The molecule has 0 bridgehead atoms. The number of nitrogens with zero attached hydrogens (tertiary/aromatic N) is 1. The van der Waals surface area contributed by atoms with Crippen molar-refractivity contribution in [1.29, 1.82) is 0 Å². The molecule has 3 N–H and O–H groups in total. The van der Waals surface area contributed by atoms with Crippen LogP contribution in [0.5, 0.6) is 5.75 Å². The minimum absolute atomic E-state index is 0.0463. The Kier molecular flexibility index (Phi) is 3.39. The van der Waals surface area contributed by atoms with Crippen LogP contribution in [0.25, 0.3) is 17.0 Å². The average molecular weight is 334 g/mol. The molecule has 0 spiro atoms. The van der Waals surface area contributed by atoms with Gasteiger partial charge in [-0.05, 0) is 28.8 Å². The molecule has 4 rings (SSSR count). The zero-order chi connectivity index (χ0) is 17.6. The lowest BCUT2D eigenvalue weighted by Gasteiger charge is -2.23. The molecule has 1 aliphatic carbocycles. The van der Waals surface area contributed by atoms with Crippen LogP contribution in [0, 0.1) is 0 Å². The number of benzene rings is 1. The second kappa shape index (κ2) is 5.59. The quantitative estimate of drug-likeness (QED) is 0.696. The Labute approximate surface area is 142 Å². The van der Waals surface area contributed by atoms with Gasteiger partial charge in [-0.1, -0.05) is 24.3 Å². The van der Waals surface area contributed by atoms with Crippen molar-refractivity contribution in [2.45, 2.75) is 12.8 Å². The second-order valence-electron chi connectivity index (χ2n) is 6.01. The lowest BCUT2D eigenvalue weighted by molar-refractivity contribution is -0.129. The van der Waals surface area contributed by atoms with Crippen LogP contribution in [0.2, 0.25) is 0 Å². The maximum absolute atomic E-state index is 11.9. The van der Waals surface area contributed by atoms with Crippen molar-refractivity contribution < 1.29 is 19.8 Å². The van der Waals surface area contributed by atoms with Gasteiger partial charge in [0.15, 0.2) is 0 Å². The number of aromatic hydroxyl groups is 1. The van der Waals surface area contributed by atoms with Gasteiger partial charge in [0, 0.05) is 18.0 Å². The maximum Gasteiger partial charge on any atom is 0.261 e. The van der Waals surface area contributed by atoms with Crippen molar-refractivity contribution in [1.82, 2.24) is 10.3 Å². The van der Waals surface area contributed by atoms with E-state index in [4.69, 9.17) is 0 Å². The molecule has 0 radical (unpaired) electrons. The van der Waals surface area contributed by atoms with Crippen LogP contribution in [0.3, 0.4) is 0 Å². The molecule has 124 valence electrons. The molecule has 0 saturated carbocycles. The summed E-state index contributed by atoms with van der Waals surface area (Å²) in [6.07, 6.45) is 5.49. The zero-order valence-electron chi connectivity index (χ0n) is 13.1. The fourth-order valence-corrected chi connectivity index (χ4v) is 3.23. The Balaban J connectivity index is 1.81. The van der Waals surface area contributed by atoms with E-state index in [9.17, 15) is 19.8 Å². The standard InChI is InChI=1S/C19H14N2O4/c22-14-4-3-11(13-2-1-5-20-18(13)14)6-10-7-12-9-16(24)21-19(25)17(12)15(23)8-10/h1-7,22-23H,8-9H2,(H,21,24,25). The number of nitrogens with one attached hydrogen (secondary N) is 1. The Hall–Kier alpha value is -3.41. The number of aliphatic hydroxyl groups excluding tert-OH is 1. The summed E-state index contributed by atoms with van der Waals surface area (Å²) < 4.78 is 0. The lowest BCUT2D eigenvalue weighted by Crippen LogP contribution is -2.38. The number of carbonyl (C=O) groups is 2. The largest absolute Gasteiger partial charge is 0.511 e. The summed E-state index contributed by atoms with van der Waals surface area (Å²) in [7, 11) is 0. The van der Waals surface area contributed by atoms with Crippen LogP contribution in [-0.2, 0) is 9.59 Å². The summed E-state index contributed by atoms with van der Waals surface area (Å²) in [4.78, 5) is 27.6. The Morgan fingerprint density at radius 1 is 1.12 bits per heavy atom. The van der Waals surface area contributed by atoms with Crippen molar-refractivity contribution in [3.8, 4) is 5.75 Å². The maximum atomic E-state index is 11.9. The number of fused-ring (bicyclic) bond motifs is 2. The van der Waals surface area contributed by atoms with E-state index in [0.29, 0.717) is 11.1 Å². The Morgan fingerprint density at radius 2 is 1.96 bits per heavy atom. The van der Waals surface area contributed by atoms with Crippen LogP contribution in [-0.4, -0.2) is 27.0 Å². The predicted octanol–water partition coefficient (Wildman–Crippen LogP) is 2.51. The predicted molar refractivity (Wildman–Crippen MR) is 91.5 cm³/mol. The fraction of sp³-hybridized carbons (Fsp3) is 0.105. The van der Waals surface area contributed by atoms with Gasteiger partial charge in [0.1, 0.15) is 17.0 Å². The zero-order valence-corrected chi connectivity index (χ0v) is 13.1. The van der Waals surface area contributed by atoms with E-state index in [1.54, 1.807) is 30.5 Å². The summed E-state index contributed by atoms with van der Waals surface area (Å²) in [6, 6.07) is 6.96. The number of aliphatic hydroxyl groups is 1.